The summed E-state index contributed by atoms with van der Waals surface area (Å²) >= 11 is 0. The van der Waals surface area contributed by atoms with Gasteiger partial charge in [0.25, 0.3) is 5.56 Å². The van der Waals surface area contributed by atoms with E-state index in [9.17, 15) is 4.79 Å². The van der Waals surface area contributed by atoms with Crippen molar-refractivity contribution in [1.82, 2.24) is 14.8 Å². The smallest absolute Gasteiger partial charge is 0.266 e. The fourth-order valence-electron chi connectivity index (χ4n) is 3.83. The summed E-state index contributed by atoms with van der Waals surface area (Å²) in [5, 5.41) is 5.59. The van der Waals surface area contributed by atoms with Crippen molar-refractivity contribution >= 4 is 16.6 Å². The SMILES string of the molecule is Cc1cc(N2CCC(Cn3nc(C)ccc3=O)CC2)c2ccccc2n1. The number of hydrogen-bond donors (Lipinski definition) is 0. The van der Waals surface area contributed by atoms with Gasteiger partial charge in [0.2, 0.25) is 0 Å². The lowest BCUT2D eigenvalue weighted by Crippen LogP contribution is -2.37. The van der Waals surface area contributed by atoms with Gasteiger partial charge in [-0.15, -0.1) is 0 Å². The minimum absolute atomic E-state index is 0.00576. The fraction of sp³-hybridized carbons (Fsp3) is 0.381. The van der Waals surface area contributed by atoms with Gasteiger partial charge < -0.3 is 4.90 Å². The van der Waals surface area contributed by atoms with E-state index < -0.39 is 0 Å². The van der Waals surface area contributed by atoms with Gasteiger partial charge in [-0.1, -0.05) is 18.2 Å². The summed E-state index contributed by atoms with van der Waals surface area (Å²) in [6.07, 6.45) is 2.13. The average molecular weight is 348 g/mol. The number of rotatable bonds is 3. The van der Waals surface area contributed by atoms with Crippen LogP contribution in [0.25, 0.3) is 10.9 Å². The Balaban J connectivity index is 1.51. The molecule has 2 aromatic heterocycles. The van der Waals surface area contributed by atoms with E-state index in [1.54, 1.807) is 16.8 Å². The van der Waals surface area contributed by atoms with Gasteiger partial charge in [-0.25, -0.2) is 4.68 Å². The van der Waals surface area contributed by atoms with Gasteiger partial charge in [0, 0.05) is 42.5 Å². The summed E-state index contributed by atoms with van der Waals surface area (Å²) in [6, 6.07) is 13.9. The Labute approximate surface area is 153 Å². The van der Waals surface area contributed by atoms with Crippen LogP contribution < -0.4 is 10.5 Å². The lowest BCUT2D eigenvalue weighted by Gasteiger charge is -2.34. The van der Waals surface area contributed by atoms with Crippen LogP contribution in [0.2, 0.25) is 0 Å². The quantitative estimate of drug-likeness (QED) is 0.728. The van der Waals surface area contributed by atoms with Crippen LogP contribution in [0.1, 0.15) is 24.2 Å². The van der Waals surface area contributed by atoms with Crippen LogP contribution in [0.5, 0.6) is 0 Å². The van der Waals surface area contributed by atoms with Crippen LogP contribution in [0.15, 0.2) is 47.3 Å². The van der Waals surface area contributed by atoms with Gasteiger partial charge in [0.1, 0.15) is 0 Å². The molecule has 3 heterocycles. The summed E-state index contributed by atoms with van der Waals surface area (Å²) in [4.78, 5) is 19.1. The van der Waals surface area contributed by atoms with E-state index in [0.29, 0.717) is 12.5 Å². The number of piperidine rings is 1. The van der Waals surface area contributed by atoms with Gasteiger partial charge in [0.05, 0.1) is 11.2 Å². The van der Waals surface area contributed by atoms with Crippen molar-refractivity contribution in [2.45, 2.75) is 33.2 Å². The summed E-state index contributed by atoms with van der Waals surface area (Å²) < 4.78 is 1.63. The van der Waals surface area contributed by atoms with E-state index >= 15 is 0 Å². The van der Waals surface area contributed by atoms with Crippen molar-refractivity contribution in [3.63, 3.8) is 0 Å². The van der Waals surface area contributed by atoms with E-state index in [1.807, 2.05) is 13.0 Å². The highest BCUT2D eigenvalue weighted by atomic mass is 16.1. The molecule has 1 aliphatic heterocycles. The molecule has 5 heteroatoms. The molecular formula is C21H24N4O. The molecule has 1 fully saturated rings. The molecule has 4 rings (SSSR count). The third-order valence-corrected chi connectivity index (χ3v) is 5.21. The van der Waals surface area contributed by atoms with Crippen LogP contribution in [0.4, 0.5) is 5.69 Å². The molecule has 0 spiro atoms. The Morgan fingerprint density at radius 2 is 1.81 bits per heavy atom. The van der Waals surface area contributed by atoms with E-state index in [0.717, 1.165) is 42.8 Å². The van der Waals surface area contributed by atoms with E-state index in [-0.39, 0.29) is 5.56 Å². The second-order valence-corrected chi connectivity index (χ2v) is 7.23. The third-order valence-electron chi connectivity index (χ3n) is 5.21. The van der Waals surface area contributed by atoms with Crippen molar-refractivity contribution in [3.05, 3.63) is 64.2 Å². The zero-order chi connectivity index (χ0) is 18.1. The first kappa shape index (κ1) is 16.8. The standard InChI is InChI=1S/C21H24N4O/c1-15-7-8-21(26)25(23-15)14-17-9-11-24(12-10-17)20-13-16(2)22-19-6-4-3-5-18(19)20/h3-8,13,17H,9-12,14H2,1-2H3. The zero-order valence-electron chi connectivity index (χ0n) is 15.4. The van der Waals surface area contributed by atoms with Crippen molar-refractivity contribution < 1.29 is 0 Å². The topological polar surface area (TPSA) is 51.0 Å². The summed E-state index contributed by atoms with van der Waals surface area (Å²) in [6.45, 7) is 6.69. The predicted octanol–water partition coefficient (Wildman–Crippen LogP) is 3.32. The van der Waals surface area contributed by atoms with Crippen LogP contribution in [0, 0.1) is 19.8 Å². The molecule has 0 N–H and O–H groups in total. The molecule has 0 radical (unpaired) electrons. The number of pyridine rings is 1. The molecule has 0 unspecified atom stereocenters. The molecule has 0 aliphatic carbocycles. The molecule has 1 saturated heterocycles. The molecule has 1 aromatic carbocycles. The molecule has 26 heavy (non-hydrogen) atoms. The van der Waals surface area contributed by atoms with Crippen molar-refractivity contribution in [1.29, 1.82) is 0 Å². The zero-order valence-corrected chi connectivity index (χ0v) is 15.4. The highest BCUT2D eigenvalue weighted by Gasteiger charge is 2.22. The molecule has 0 bridgehead atoms. The van der Waals surface area contributed by atoms with Crippen LogP contribution >= 0.6 is 0 Å². The normalized spacial score (nSPS) is 15.5. The molecule has 3 aromatic rings. The summed E-state index contributed by atoms with van der Waals surface area (Å²) in [7, 11) is 0. The van der Waals surface area contributed by atoms with Crippen LogP contribution in [0.3, 0.4) is 0 Å². The van der Waals surface area contributed by atoms with Crippen molar-refractivity contribution in [2.24, 2.45) is 5.92 Å². The lowest BCUT2D eigenvalue weighted by molar-refractivity contribution is 0.334. The van der Waals surface area contributed by atoms with Crippen LogP contribution in [-0.2, 0) is 6.54 Å². The number of para-hydroxylation sites is 1. The van der Waals surface area contributed by atoms with Gasteiger partial charge in [-0.05, 0) is 50.8 Å². The lowest BCUT2D eigenvalue weighted by atomic mass is 9.96. The Kier molecular flexibility index (Phi) is 4.45. The number of anilines is 1. The number of benzene rings is 1. The number of fused-ring (bicyclic) bond motifs is 1. The molecule has 0 atom stereocenters. The van der Waals surface area contributed by atoms with Gasteiger partial charge in [-0.3, -0.25) is 9.78 Å². The molecule has 5 nitrogen and oxygen atoms in total. The molecular weight excluding hydrogens is 324 g/mol. The first-order valence-electron chi connectivity index (χ1n) is 9.26. The maximum Gasteiger partial charge on any atom is 0.266 e. The molecule has 1 aliphatic rings. The second-order valence-electron chi connectivity index (χ2n) is 7.23. The number of aryl methyl sites for hydroxylation is 2. The largest absolute Gasteiger partial charge is 0.371 e. The number of nitrogens with zero attached hydrogens (tertiary/aromatic N) is 4. The average Bonchev–Trinajstić information content (AvgIpc) is 2.65. The monoisotopic (exact) mass is 348 g/mol. The molecule has 0 amide bonds. The Hall–Kier alpha value is -2.69. The van der Waals surface area contributed by atoms with Crippen molar-refractivity contribution in [2.75, 3.05) is 18.0 Å². The highest BCUT2D eigenvalue weighted by Crippen LogP contribution is 2.30. The minimum Gasteiger partial charge on any atom is -0.371 e. The number of hydrogen-bond acceptors (Lipinski definition) is 4. The number of aromatic nitrogens is 3. The first-order chi connectivity index (χ1) is 12.6. The highest BCUT2D eigenvalue weighted by molar-refractivity contribution is 5.92. The third kappa shape index (κ3) is 3.34. The summed E-state index contributed by atoms with van der Waals surface area (Å²) in [5.41, 5.74) is 4.27. The van der Waals surface area contributed by atoms with E-state index in [4.69, 9.17) is 0 Å². The van der Waals surface area contributed by atoms with E-state index in [1.165, 1.54) is 11.1 Å². The van der Waals surface area contributed by atoms with Gasteiger partial charge >= 0.3 is 0 Å². The minimum atomic E-state index is -0.00576. The molecule has 134 valence electrons. The molecule has 0 saturated carbocycles. The van der Waals surface area contributed by atoms with Gasteiger partial charge in [0.15, 0.2) is 0 Å². The van der Waals surface area contributed by atoms with Crippen molar-refractivity contribution in [3.8, 4) is 0 Å². The Morgan fingerprint density at radius 3 is 2.62 bits per heavy atom. The Morgan fingerprint density at radius 1 is 1.04 bits per heavy atom. The first-order valence-corrected chi connectivity index (χ1v) is 9.26. The summed E-state index contributed by atoms with van der Waals surface area (Å²) in [5.74, 6) is 0.493. The van der Waals surface area contributed by atoms with Gasteiger partial charge in [-0.2, -0.15) is 5.10 Å². The van der Waals surface area contributed by atoms with Crippen LogP contribution in [-0.4, -0.2) is 27.9 Å². The predicted molar refractivity (Wildman–Crippen MR) is 105 cm³/mol. The maximum atomic E-state index is 12.0. The fourth-order valence-corrected chi connectivity index (χ4v) is 3.83. The maximum absolute atomic E-state index is 12.0. The van der Waals surface area contributed by atoms with E-state index in [2.05, 4.69) is 46.2 Å². The Bertz CT molecular complexity index is 987. The second kappa shape index (κ2) is 6.90.